The van der Waals surface area contributed by atoms with E-state index in [9.17, 15) is 0 Å². The van der Waals surface area contributed by atoms with Crippen LogP contribution in [-0.2, 0) is 12.8 Å². The summed E-state index contributed by atoms with van der Waals surface area (Å²) in [6.07, 6.45) is 8.27. The standard InChI is InChI=1S/C12H19N3S/c13-11-2-1-3-12-14-10(7-15(11)12)6-9-4-5-16-8-9/h7,9,11H,1-6,8,13H2. The van der Waals surface area contributed by atoms with Crippen molar-refractivity contribution in [2.75, 3.05) is 11.5 Å². The van der Waals surface area contributed by atoms with Crippen molar-refractivity contribution in [3.63, 3.8) is 0 Å². The van der Waals surface area contributed by atoms with Crippen molar-refractivity contribution in [3.05, 3.63) is 17.7 Å². The second-order valence-electron chi connectivity index (χ2n) is 4.95. The highest BCUT2D eigenvalue weighted by atomic mass is 32.2. The summed E-state index contributed by atoms with van der Waals surface area (Å²) < 4.78 is 2.20. The molecule has 88 valence electrons. The van der Waals surface area contributed by atoms with Gasteiger partial charge in [0.05, 0.1) is 11.9 Å². The molecule has 1 aromatic rings. The van der Waals surface area contributed by atoms with Gasteiger partial charge in [-0.05, 0) is 43.1 Å². The third-order valence-corrected chi connectivity index (χ3v) is 4.87. The number of imidazole rings is 1. The van der Waals surface area contributed by atoms with Crippen LogP contribution >= 0.6 is 11.8 Å². The SMILES string of the molecule is NC1CCCc2nc(CC3CCSC3)cn21. The number of fused-ring (bicyclic) bond motifs is 1. The highest BCUT2D eigenvalue weighted by molar-refractivity contribution is 7.99. The molecule has 1 fully saturated rings. The van der Waals surface area contributed by atoms with E-state index in [1.807, 2.05) is 0 Å². The van der Waals surface area contributed by atoms with E-state index in [1.165, 1.54) is 35.9 Å². The number of nitrogens with two attached hydrogens (primary N) is 1. The Kier molecular flexibility index (Phi) is 2.94. The van der Waals surface area contributed by atoms with Gasteiger partial charge in [0.25, 0.3) is 0 Å². The first-order valence-corrected chi connectivity index (χ1v) is 7.38. The van der Waals surface area contributed by atoms with Crippen LogP contribution in [0.5, 0.6) is 0 Å². The van der Waals surface area contributed by atoms with Gasteiger partial charge in [0.15, 0.2) is 0 Å². The Hall–Kier alpha value is -0.480. The van der Waals surface area contributed by atoms with E-state index < -0.39 is 0 Å². The molecule has 2 aliphatic rings. The second kappa shape index (κ2) is 4.41. The topological polar surface area (TPSA) is 43.8 Å². The fourth-order valence-corrected chi connectivity index (χ4v) is 3.99. The van der Waals surface area contributed by atoms with Crippen LogP contribution in [0.1, 0.15) is 36.9 Å². The maximum Gasteiger partial charge on any atom is 0.110 e. The van der Waals surface area contributed by atoms with Crippen LogP contribution < -0.4 is 5.73 Å². The summed E-state index contributed by atoms with van der Waals surface area (Å²) in [5, 5.41) is 0. The smallest absolute Gasteiger partial charge is 0.110 e. The van der Waals surface area contributed by atoms with Crippen LogP contribution in [0.3, 0.4) is 0 Å². The van der Waals surface area contributed by atoms with Crippen LogP contribution in [0.15, 0.2) is 6.20 Å². The van der Waals surface area contributed by atoms with E-state index >= 15 is 0 Å². The van der Waals surface area contributed by atoms with Crippen LogP contribution in [0, 0.1) is 5.92 Å². The number of thioether (sulfide) groups is 1. The Labute approximate surface area is 101 Å². The molecule has 2 N–H and O–H groups in total. The fraction of sp³-hybridized carbons (Fsp3) is 0.750. The fourth-order valence-electron chi connectivity index (χ4n) is 2.71. The molecule has 0 aromatic carbocycles. The van der Waals surface area contributed by atoms with Crippen molar-refractivity contribution in [1.82, 2.24) is 9.55 Å². The first kappa shape index (κ1) is 10.7. The highest BCUT2D eigenvalue weighted by Gasteiger charge is 2.21. The minimum atomic E-state index is 0.169. The van der Waals surface area contributed by atoms with Crippen molar-refractivity contribution in [1.29, 1.82) is 0 Å². The monoisotopic (exact) mass is 237 g/mol. The maximum absolute atomic E-state index is 6.09. The summed E-state index contributed by atoms with van der Waals surface area (Å²) in [5.74, 6) is 4.70. The van der Waals surface area contributed by atoms with E-state index in [1.54, 1.807) is 0 Å². The molecule has 3 nitrogen and oxygen atoms in total. The maximum atomic E-state index is 6.09. The highest BCUT2D eigenvalue weighted by Crippen LogP contribution is 2.28. The number of nitrogens with zero attached hydrogens (tertiary/aromatic N) is 2. The number of aryl methyl sites for hydroxylation is 1. The number of rotatable bonds is 2. The van der Waals surface area contributed by atoms with E-state index in [0.29, 0.717) is 0 Å². The molecule has 0 spiro atoms. The van der Waals surface area contributed by atoms with Crippen molar-refractivity contribution in [2.24, 2.45) is 11.7 Å². The van der Waals surface area contributed by atoms with Crippen LogP contribution in [0.4, 0.5) is 0 Å². The van der Waals surface area contributed by atoms with Gasteiger partial charge in [-0.1, -0.05) is 0 Å². The average Bonchev–Trinajstić information content (AvgIpc) is 2.88. The molecule has 16 heavy (non-hydrogen) atoms. The van der Waals surface area contributed by atoms with Gasteiger partial charge < -0.3 is 10.3 Å². The van der Waals surface area contributed by atoms with Gasteiger partial charge in [0, 0.05) is 12.6 Å². The van der Waals surface area contributed by atoms with E-state index in [0.717, 1.165) is 25.2 Å². The van der Waals surface area contributed by atoms with Gasteiger partial charge in [-0.2, -0.15) is 11.8 Å². The van der Waals surface area contributed by atoms with Crippen LogP contribution in [0.25, 0.3) is 0 Å². The number of hydrogen-bond donors (Lipinski definition) is 1. The third-order valence-electron chi connectivity index (χ3n) is 3.64. The molecule has 2 aliphatic heterocycles. The van der Waals surface area contributed by atoms with Crippen LogP contribution in [-0.4, -0.2) is 21.1 Å². The molecule has 0 saturated carbocycles. The van der Waals surface area contributed by atoms with Crippen LogP contribution in [0.2, 0.25) is 0 Å². The normalized spacial score (nSPS) is 29.3. The Morgan fingerprint density at radius 3 is 3.19 bits per heavy atom. The minimum Gasteiger partial charge on any atom is -0.319 e. The minimum absolute atomic E-state index is 0.169. The number of hydrogen-bond acceptors (Lipinski definition) is 3. The van der Waals surface area contributed by atoms with Gasteiger partial charge in [-0.15, -0.1) is 0 Å². The second-order valence-corrected chi connectivity index (χ2v) is 6.10. The Balaban J connectivity index is 1.75. The third kappa shape index (κ3) is 2.00. The Morgan fingerprint density at radius 1 is 1.50 bits per heavy atom. The molecule has 0 aliphatic carbocycles. The largest absolute Gasteiger partial charge is 0.319 e. The molecule has 0 bridgehead atoms. The Morgan fingerprint density at radius 2 is 2.44 bits per heavy atom. The molecule has 3 heterocycles. The lowest BCUT2D eigenvalue weighted by atomic mass is 10.0. The van der Waals surface area contributed by atoms with Gasteiger partial charge in [-0.25, -0.2) is 4.98 Å². The lowest BCUT2D eigenvalue weighted by Gasteiger charge is -2.20. The molecule has 1 aromatic heterocycles. The molecule has 1 saturated heterocycles. The zero-order valence-corrected chi connectivity index (χ0v) is 10.4. The summed E-state index contributed by atoms with van der Waals surface area (Å²) in [5.41, 5.74) is 7.35. The molecular weight excluding hydrogens is 218 g/mol. The summed E-state index contributed by atoms with van der Waals surface area (Å²) in [6, 6.07) is 0. The summed E-state index contributed by atoms with van der Waals surface area (Å²) in [6.45, 7) is 0. The predicted octanol–water partition coefficient (Wildman–Crippen LogP) is 1.97. The van der Waals surface area contributed by atoms with Crippen molar-refractivity contribution in [2.45, 2.75) is 38.3 Å². The Bertz CT molecular complexity index is 368. The number of aromatic nitrogens is 2. The van der Waals surface area contributed by atoms with Gasteiger partial charge in [0.1, 0.15) is 5.82 Å². The van der Waals surface area contributed by atoms with E-state index in [-0.39, 0.29) is 6.17 Å². The van der Waals surface area contributed by atoms with Gasteiger partial charge in [0.2, 0.25) is 0 Å². The predicted molar refractivity (Wildman–Crippen MR) is 67.5 cm³/mol. The summed E-state index contributed by atoms with van der Waals surface area (Å²) in [4.78, 5) is 4.74. The van der Waals surface area contributed by atoms with Gasteiger partial charge in [-0.3, -0.25) is 0 Å². The summed E-state index contributed by atoms with van der Waals surface area (Å²) in [7, 11) is 0. The molecular formula is C12H19N3S. The van der Waals surface area contributed by atoms with Crippen molar-refractivity contribution >= 4 is 11.8 Å². The molecule has 2 atom stereocenters. The first-order chi connectivity index (χ1) is 7.83. The molecule has 3 rings (SSSR count). The van der Waals surface area contributed by atoms with E-state index in [2.05, 4.69) is 22.5 Å². The quantitative estimate of drug-likeness (QED) is 0.855. The average molecular weight is 237 g/mol. The molecule has 4 heteroatoms. The zero-order chi connectivity index (χ0) is 11.0. The molecule has 2 unspecified atom stereocenters. The van der Waals surface area contributed by atoms with Crippen molar-refractivity contribution < 1.29 is 0 Å². The van der Waals surface area contributed by atoms with Crippen molar-refractivity contribution in [3.8, 4) is 0 Å². The van der Waals surface area contributed by atoms with E-state index in [4.69, 9.17) is 10.7 Å². The first-order valence-electron chi connectivity index (χ1n) is 6.23. The molecule has 0 amide bonds. The molecule has 0 radical (unpaired) electrons. The summed E-state index contributed by atoms with van der Waals surface area (Å²) >= 11 is 2.08. The zero-order valence-electron chi connectivity index (χ0n) is 9.56. The lowest BCUT2D eigenvalue weighted by molar-refractivity contribution is 0.408. The van der Waals surface area contributed by atoms with Gasteiger partial charge >= 0.3 is 0 Å². The lowest BCUT2D eigenvalue weighted by Crippen LogP contribution is -2.24.